The largest absolute Gasteiger partial charge is 0.480 e. The van der Waals surface area contributed by atoms with E-state index in [0.29, 0.717) is 36.3 Å². The van der Waals surface area contributed by atoms with Crippen LogP contribution in [-0.4, -0.2) is 50.1 Å². The Morgan fingerprint density at radius 2 is 1.59 bits per heavy atom. The van der Waals surface area contributed by atoms with E-state index in [1.54, 1.807) is 24.3 Å². The minimum Gasteiger partial charge on any atom is -0.480 e. The van der Waals surface area contributed by atoms with Gasteiger partial charge in [0.25, 0.3) is 5.91 Å². The third kappa shape index (κ3) is 11.4. The highest BCUT2D eigenvalue weighted by Gasteiger charge is 2.23. The molecule has 0 fully saturated rings. The number of ketones is 1. The lowest BCUT2D eigenvalue weighted by molar-refractivity contribution is -0.123. The third-order valence-electron chi connectivity index (χ3n) is 7.68. The molecule has 0 aliphatic carbocycles. The Morgan fingerprint density at radius 1 is 0.941 bits per heavy atom. The number of hydrogen-bond acceptors (Lipinski definition) is 10. The first-order chi connectivity index (χ1) is 24.6. The molecule has 0 aliphatic heterocycles. The molecule has 51 heavy (non-hydrogen) atoms. The van der Waals surface area contributed by atoms with Crippen LogP contribution in [0.25, 0.3) is 10.4 Å². The second kappa shape index (κ2) is 18.9. The molecule has 0 saturated heterocycles. The summed E-state index contributed by atoms with van der Waals surface area (Å²) in [6.45, 7) is -0.426. The fourth-order valence-electron chi connectivity index (χ4n) is 4.89. The average Bonchev–Trinajstić information content (AvgIpc) is 3.12. The van der Waals surface area contributed by atoms with Gasteiger partial charge in [-0.2, -0.15) is 10.2 Å². The summed E-state index contributed by atoms with van der Waals surface area (Å²) >= 11 is 0. The van der Waals surface area contributed by atoms with Crippen molar-refractivity contribution in [3.63, 3.8) is 0 Å². The normalized spacial score (nSPS) is 12.2. The number of aliphatic hydroxyl groups excluding tert-OH is 1. The van der Waals surface area contributed by atoms with Crippen molar-refractivity contribution in [3.8, 4) is 5.75 Å². The molecular formula is C36H39F2N9O4. The van der Waals surface area contributed by atoms with Crippen molar-refractivity contribution in [1.82, 2.24) is 10.6 Å². The first-order valence-electron chi connectivity index (χ1n) is 16.1. The number of amides is 1. The molecule has 2 atom stereocenters. The summed E-state index contributed by atoms with van der Waals surface area (Å²) in [6, 6.07) is 21.2. The molecule has 4 aromatic carbocycles. The van der Waals surface area contributed by atoms with Crippen LogP contribution in [0.2, 0.25) is 0 Å². The van der Waals surface area contributed by atoms with Crippen LogP contribution in [0.5, 0.6) is 5.75 Å². The van der Waals surface area contributed by atoms with Gasteiger partial charge in [0.15, 0.2) is 23.2 Å². The van der Waals surface area contributed by atoms with Gasteiger partial charge in [-0.05, 0) is 103 Å². The van der Waals surface area contributed by atoms with Crippen molar-refractivity contribution < 1.29 is 28.2 Å². The van der Waals surface area contributed by atoms with E-state index in [9.17, 15) is 23.5 Å². The highest BCUT2D eigenvalue weighted by Crippen LogP contribution is 2.26. The first-order valence-corrected chi connectivity index (χ1v) is 16.1. The number of anilines is 1. The van der Waals surface area contributed by atoms with E-state index >= 15 is 0 Å². The summed E-state index contributed by atoms with van der Waals surface area (Å²) in [7, 11) is 3.90. The van der Waals surface area contributed by atoms with Gasteiger partial charge in [0.2, 0.25) is 0 Å². The van der Waals surface area contributed by atoms with Gasteiger partial charge in [-0.15, -0.1) is 0 Å². The van der Waals surface area contributed by atoms with E-state index in [1.165, 1.54) is 24.3 Å². The van der Waals surface area contributed by atoms with Crippen molar-refractivity contribution >= 4 is 34.4 Å². The second-order valence-corrected chi connectivity index (χ2v) is 11.7. The number of Topliss-reactive ketones (excluding diaryl/α,β-unsaturated/α-hetero) is 1. The number of halogens is 2. The quantitative estimate of drug-likeness (QED) is 0.0281. The summed E-state index contributed by atoms with van der Waals surface area (Å²) in [5, 5.41) is 28.0. The molecule has 13 nitrogen and oxygen atoms in total. The molecular weight excluding hydrogens is 660 g/mol. The molecule has 4 aromatic rings. The van der Waals surface area contributed by atoms with E-state index in [4.69, 9.17) is 16.0 Å². The van der Waals surface area contributed by atoms with Crippen molar-refractivity contribution in [3.05, 3.63) is 124 Å². The lowest BCUT2D eigenvalue weighted by atomic mass is 10.0. The Morgan fingerprint density at radius 3 is 2.20 bits per heavy atom. The number of carbonyl (C=O) groups excluding carboxylic acids is 2. The molecule has 0 radical (unpaired) electrons. The van der Waals surface area contributed by atoms with E-state index in [0.717, 1.165) is 17.8 Å². The summed E-state index contributed by atoms with van der Waals surface area (Å²) in [4.78, 5) is 30.6. The zero-order valence-electron chi connectivity index (χ0n) is 28.2. The summed E-state index contributed by atoms with van der Waals surface area (Å²) < 4.78 is 35.2. The summed E-state index contributed by atoms with van der Waals surface area (Å²) in [5.41, 5.74) is 17.6. The number of benzene rings is 4. The van der Waals surface area contributed by atoms with Gasteiger partial charge < -0.3 is 25.8 Å². The zero-order chi connectivity index (χ0) is 36.8. The minimum absolute atomic E-state index is 0.0885. The fourth-order valence-corrected chi connectivity index (χ4v) is 4.89. The molecule has 0 spiro atoms. The van der Waals surface area contributed by atoms with Crippen LogP contribution in [0.1, 0.15) is 47.0 Å². The van der Waals surface area contributed by atoms with Crippen LogP contribution >= 0.6 is 0 Å². The highest BCUT2D eigenvalue weighted by atomic mass is 19.1. The number of aliphatic hydroxyl groups is 1. The monoisotopic (exact) mass is 699 g/mol. The lowest BCUT2D eigenvalue weighted by Crippen LogP contribution is -2.43. The predicted molar refractivity (Wildman–Crippen MR) is 189 cm³/mol. The van der Waals surface area contributed by atoms with Gasteiger partial charge in [0, 0.05) is 42.5 Å². The molecule has 1 unspecified atom stereocenters. The Kier molecular flexibility index (Phi) is 14.1. The smallest absolute Gasteiger partial charge is 0.251 e. The first kappa shape index (κ1) is 38.1. The lowest BCUT2D eigenvalue weighted by Gasteiger charge is -2.19. The molecule has 0 bridgehead atoms. The molecule has 0 aliphatic rings. The number of rotatable bonds is 18. The Balaban J connectivity index is 1.32. The van der Waals surface area contributed by atoms with Crippen molar-refractivity contribution in [2.45, 2.75) is 38.1 Å². The third-order valence-corrected chi connectivity index (χ3v) is 7.68. The maximum Gasteiger partial charge on any atom is 0.251 e. The maximum atomic E-state index is 15.0. The van der Waals surface area contributed by atoms with Gasteiger partial charge in [-0.3, -0.25) is 14.9 Å². The van der Waals surface area contributed by atoms with Crippen LogP contribution in [-0.2, 0) is 11.3 Å². The van der Waals surface area contributed by atoms with E-state index in [1.807, 2.05) is 43.3 Å². The molecule has 0 aromatic heterocycles. The number of nitrogens with one attached hydrogen (secondary N) is 2. The Bertz CT molecular complexity index is 1840. The van der Waals surface area contributed by atoms with Crippen LogP contribution in [0, 0.1) is 11.6 Å². The van der Waals surface area contributed by atoms with Crippen LogP contribution in [0.3, 0.4) is 0 Å². The van der Waals surface area contributed by atoms with Crippen LogP contribution in [0.15, 0.2) is 100 Å². The van der Waals surface area contributed by atoms with Gasteiger partial charge in [-0.1, -0.05) is 29.4 Å². The van der Waals surface area contributed by atoms with E-state index in [-0.39, 0.29) is 29.8 Å². The number of carbonyl (C=O) groups is 2. The van der Waals surface area contributed by atoms with E-state index in [2.05, 4.69) is 30.9 Å². The molecule has 266 valence electrons. The zero-order valence-corrected chi connectivity index (χ0v) is 28.2. The molecule has 0 heterocycles. The van der Waals surface area contributed by atoms with Crippen molar-refractivity contribution in [2.75, 3.05) is 32.1 Å². The predicted octanol–water partition coefficient (Wildman–Crippen LogP) is 7.04. The van der Waals surface area contributed by atoms with Crippen LogP contribution in [0.4, 0.5) is 31.5 Å². The molecule has 5 N–H and O–H groups in total. The fraction of sp³-hybridized carbons (Fsp3) is 0.278. The van der Waals surface area contributed by atoms with Crippen LogP contribution < -0.4 is 26.0 Å². The maximum absolute atomic E-state index is 15.0. The number of azide groups is 1. The molecule has 4 rings (SSSR count). The van der Waals surface area contributed by atoms with E-state index < -0.39 is 48.0 Å². The van der Waals surface area contributed by atoms with Crippen molar-refractivity contribution in [1.29, 1.82) is 0 Å². The van der Waals surface area contributed by atoms with Gasteiger partial charge >= 0.3 is 0 Å². The van der Waals surface area contributed by atoms with Crippen molar-refractivity contribution in [2.24, 2.45) is 21.1 Å². The number of hydrogen-bond donors (Lipinski definition) is 4. The van der Waals surface area contributed by atoms with Gasteiger partial charge in [0.05, 0.1) is 17.4 Å². The number of azo groups is 1. The highest BCUT2D eigenvalue weighted by molar-refractivity contribution is 5.98. The Hall–Kier alpha value is -5.73. The second-order valence-electron chi connectivity index (χ2n) is 11.7. The summed E-state index contributed by atoms with van der Waals surface area (Å²) in [5.74, 6) is -4.04. The van der Waals surface area contributed by atoms with Gasteiger partial charge in [-0.25, -0.2) is 8.78 Å². The number of ether oxygens (including phenoxy) is 1. The Labute approximate surface area is 293 Å². The number of unbranched alkanes of at least 4 members (excludes halogenated alkanes) is 1. The SMILES string of the molecule is CN(C)c1ccc(/N=N/c2ccc(C(O)NCc3cc(F)c(OCC(=O)[C@H](CCCCN)NC(=O)c4cccc(N=[N+]=[N-])c4)c(F)c3)cc2)cc1. The molecule has 1 amide bonds. The molecule has 0 saturated carbocycles. The number of nitrogens with zero attached hydrogens (tertiary/aromatic N) is 6. The molecule has 15 heteroatoms. The summed E-state index contributed by atoms with van der Waals surface area (Å²) in [6.07, 6.45) is 0.161. The number of nitrogens with two attached hydrogens (primary N) is 1. The van der Waals surface area contributed by atoms with Gasteiger partial charge in [0.1, 0.15) is 12.8 Å². The average molecular weight is 700 g/mol. The minimum atomic E-state index is -1.15. The standard InChI is InChI=1S/C36H39F2N9O4/c1-47(2)29-15-13-27(14-16-29)44-43-26-11-9-24(10-12-26)35(49)41-21-23-18-30(37)34(31(38)19-23)51-22-33(48)32(8-3-4-17-39)42-36(50)25-6-5-7-28(20-25)45-46-40/h5-7,9-16,18-20,32,35,41,49H,3-4,8,17,21-22,39H2,1-2H3,(H,42,50)/b44-43+/t32-,35?/m0/s1. The topological polar surface area (TPSA) is 190 Å².